The molecule has 202 valence electrons. The second kappa shape index (κ2) is 11.0. The van der Waals surface area contributed by atoms with Gasteiger partial charge in [0.1, 0.15) is 5.58 Å². The molecule has 3 aromatic carbocycles. The number of nitro groups is 1. The standard InChI is InChI=1S/C27H18Br2N4O7/c1-14(27(35)38-2)39-24-19(29)9-15(10-21(24)33(36)37)13-30-32-25(31-20-6-4-3-5-18(20)26(32)34)23-12-16-11-17(28)7-8-22(16)40-23/h3-14H,1-2H3/t14-/m0/s1. The Morgan fingerprint density at radius 3 is 2.70 bits per heavy atom. The molecule has 0 aliphatic heterocycles. The van der Waals surface area contributed by atoms with Crippen molar-refractivity contribution in [3.63, 3.8) is 0 Å². The first kappa shape index (κ1) is 27.2. The maximum atomic E-state index is 13.5. The van der Waals surface area contributed by atoms with E-state index >= 15 is 0 Å². The summed E-state index contributed by atoms with van der Waals surface area (Å²) in [6.45, 7) is 1.41. The highest BCUT2D eigenvalue weighted by Gasteiger charge is 2.25. The van der Waals surface area contributed by atoms with E-state index in [1.54, 1.807) is 36.4 Å². The molecule has 1 atom stereocenters. The van der Waals surface area contributed by atoms with Crippen molar-refractivity contribution >= 4 is 71.6 Å². The predicted octanol–water partition coefficient (Wildman–Crippen LogP) is 6.07. The third-order valence-electron chi connectivity index (χ3n) is 5.85. The smallest absolute Gasteiger partial charge is 0.346 e. The number of rotatable bonds is 7. The fraction of sp³-hybridized carbons (Fsp3) is 0.111. The van der Waals surface area contributed by atoms with Gasteiger partial charge in [-0.1, -0.05) is 28.1 Å². The molecule has 2 heterocycles. The maximum Gasteiger partial charge on any atom is 0.346 e. The summed E-state index contributed by atoms with van der Waals surface area (Å²) in [4.78, 5) is 41.1. The molecule has 2 aromatic heterocycles. The van der Waals surface area contributed by atoms with Gasteiger partial charge in [0.15, 0.2) is 11.9 Å². The van der Waals surface area contributed by atoms with Gasteiger partial charge in [0, 0.05) is 21.5 Å². The molecule has 11 nitrogen and oxygen atoms in total. The predicted molar refractivity (Wildman–Crippen MR) is 155 cm³/mol. The molecule has 0 aliphatic carbocycles. The Kier molecular flexibility index (Phi) is 7.50. The summed E-state index contributed by atoms with van der Waals surface area (Å²) in [5.41, 5.74) is 0.441. The van der Waals surface area contributed by atoms with E-state index in [1.807, 2.05) is 12.1 Å². The van der Waals surface area contributed by atoms with Crippen LogP contribution in [-0.2, 0) is 9.53 Å². The number of carbonyl (C=O) groups excluding carboxylic acids is 1. The topological polar surface area (TPSA) is 139 Å². The summed E-state index contributed by atoms with van der Waals surface area (Å²) >= 11 is 6.71. The Morgan fingerprint density at radius 1 is 1.18 bits per heavy atom. The zero-order valence-electron chi connectivity index (χ0n) is 20.8. The Bertz CT molecular complexity index is 1900. The average Bonchev–Trinajstić information content (AvgIpc) is 3.36. The minimum Gasteiger partial charge on any atom is -0.471 e. The summed E-state index contributed by atoms with van der Waals surface area (Å²) in [5.74, 6) is -0.396. The van der Waals surface area contributed by atoms with Gasteiger partial charge in [0.05, 0.1) is 33.6 Å². The normalized spacial score (nSPS) is 12.2. The van der Waals surface area contributed by atoms with Crippen molar-refractivity contribution in [3.05, 3.63) is 95.6 Å². The number of ether oxygens (including phenoxy) is 2. The Balaban J connectivity index is 1.63. The lowest BCUT2D eigenvalue weighted by Gasteiger charge is -2.14. The van der Waals surface area contributed by atoms with Crippen LogP contribution >= 0.6 is 31.9 Å². The van der Waals surface area contributed by atoms with E-state index in [1.165, 1.54) is 32.4 Å². The van der Waals surface area contributed by atoms with Crippen molar-refractivity contribution in [2.75, 3.05) is 7.11 Å². The molecule has 40 heavy (non-hydrogen) atoms. The van der Waals surface area contributed by atoms with E-state index in [4.69, 9.17) is 9.15 Å². The molecule has 0 bridgehead atoms. The molecular weight excluding hydrogens is 652 g/mol. The zero-order chi connectivity index (χ0) is 28.6. The van der Waals surface area contributed by atoms with Gasteiger partial charge >= 0.3 is 11.7 Å². The second-order valence-electron chi connectivity index (χ2n) is 8.50. The van der Waals surface area contributed by atoms with Crippen LogP contribution in [0.4, 0.5) is 5.69 Å². The molecule has 0 aliphatic rings. The van der Waals surface area contributed by atoms with Crippen LogP contribution in [-0.4, -0.2) is 40.0 Å². The van der Waals surface area contributed by atoms with E-state index in [9.17, 15) is 19.7 Å². The number of fused-ring (bicyclic) bond motifs is 2. The quantitative estimate of drug-likeness (QED) is 0.0881. The first-order valence-corrected chi connectivity index (χ1v) is 13.2. The Morgan fingerprint density at radius 2 is 1.95 bits per heavy atom. The summed E-state index contributed by atoms with van der Waals surface area (Å²) in [6, 6.07) is 16.8. The maximum absolute atomic E-state index is 13.5. The van der Waals surface area contributed by atoms with Crippen LogP contribution in [0.15, 0.2) is 83.9 Å². The van der Waals surface area contributed by atoms with Crippen molar-refractivity contribution in [3.8, 4) is 17.3 Å². The summed E-state index contributed by atoms with van der Waals surface area (Å²) in [5, 5.41) is 17.3. The van der Waals surface area contributed by atoms with Crippen molar-refractivity contribution in [2.45, 2.75) is 13.0 Å². The van der Waals surface area contributed by atoms with Gasteiger partial charge in [0.25, 0.3) is 5.56 Å². The highest BCUT2D eigenvalue weighted by Crippen LogP contribution is 2.37. The van der Waals surface area contributed by atoms with Crippen LogP contribution in [0.2, 0.25) is 0 Å². The van der Waals surface area contributed by atoms with E-state index < -0.39 is 28.2 Å². The molecule has 5 aromatic rings. The number of aromatic nitrogens is 2. The lowest BCUT2D eigenvalue weighted by Crippen LogP contribution is -2.25. The molecule has 0 radical (unpaired) electrons. The fourth-order valence-electron chi connectivity index (χ4n) is 3.96. The van der Waals surface area contributed by atoms with Gasteiger partial charge in [0.2, 0.25) is 11.6 Å². The van der Waals surface area contributed by atoms with Crippen LogP contribution in [0.1, 0.15) is 12.5 Å². The first-order chi connectivity index (χ1) is 19.2. The number of halogens is 2. The van der Waals surface area contributed by atoms with Gasteiger partial charge in [-0.15, -0.1) is 0 Å². The lowest BCUT2D eigenvalue weighted by atomic mass is 10.2. The van der Waals surface area contributed by atoms with Crippen LogP contribution in [0.3, 0.4) is 0 Å². The van der Waals surface area contributed by atoms with Crippen molar-refractivity contribution < 1.29 is 23.6 Å². The third kappa shape index (κ3) is 5.25. The number of para-hydroxylation sites is 1. The number of carbonyl (C=O) groups is 1. The lowest BCUT2D eigenvalue weighted by molar-refractivity contribution is -0.386. The van der Waals surface area contributed by atoms with Crippen molar-refractivity contribution in [1.82, 2.24) is 9.66 Å². The fourth-order valence-corrected chi connectivity index (χ4v) is 4.90. The number of nitro benzene ring substituents is 1. The molecule has 0 saturated carbocycles. The molecule has 0 unspecified atom stereocenters. The van der Waals surface area contributed by atoms with Crippen LogP contribution in [0.5, 0.6) is 5.75 Å². The van der Waals surface area contributed by atoms with E-state index in [0.29, 0.717) is 22.2 Å². The van der Waals surface area contributed by atoms with E-state index in [2.05, 4.69) is 46.7 Å². The van der Waals surface area contributed by atoms with Crippen LogP contribution in [0.25, 0.3) is 33.5 Å². The van der Waals surface area contributed by atoms with E-state index in [-0.39, 0.29) is 21.6 Å². The molecule has 13 heteroatoms. The molecule has 0 spiro atoms. The SMILES string of the molecule is COC(=O)[C@H](C)Oc1c(Br)cc(C=Nn2c(-c3cc4cc(Br)ccc4o3)nc3ccccc3c2=O)cc1[N+](=O)[O-]. The number of hydrogen-bond donors (Lipinski definition) is 0. The molecule has 5 rings (SSSR count). The third-order valence-corrected chi connectivity index (χ3v) is 6.93. The number of esters is 1. The highest BCUT2D eigenvalue weighted by molar-refractivity contribution is 9.10. The van der Waals surface area contributed by atoms with Crippen molar-refractivity contribution in [1.29, 1.82) is 0 Å². The molecule has 0 amide bonds. The number of methoxy groups -OCH3 is 1. The van der Waals surface area contributed by atoms with Gasteiger partial charge in [-0.2, -0.15) is 9.78 Å². The molecule has 0 fully saturated rings. The van der Waals surface area contributed by atoms with Gasteiger partial charge in [-0.3, -0.25) is 14.9 Å². The number of benzene rings is 3. The highest BCUT2D eigenvalue weighted by atomic mass is 79.9. The molecule has 0 N–H and O–H groups in total. The number of furan rings is 1. The minimum atomic E-state index is -1.09. The van der Waals surface area contributed by atoms with Crippen LogP contribution < -0.4 is 10.3 Å². The van der Waals surface area contributed by atoms with Crippen molar-refractivity contribution in [2.24, 2.45) is 5.10 Å². The van der Waals surface area contributed by atoms with Crippen LogP contribution in [0, 0.1) is 10.1 Å². The van der Waals surface area contributed by atoms with E-state index in [0.717, 1.165) is 14.5 Å². The number of nitrogens with zero attached hydrogens (tertiary/aromatic N) is 4. The largest absolute Gasteiger partial charge is 0.471 e. The minimum absolute atomic E-state index is 0.146. The molecular formula is C27H18Br2N4O7. The second-order valence-corrected chi connectivity index (χ2v) is 10.3. The monoisotopic (exact) mass is 668 g/mol. The average molecular weight is 670 g/mol. The van der Waals surface area contributed by atoms with Gasteiger partial charge < -0.3 is 13.9 Å². The molecule has 0 saturated heterocycles. The first-order valence-electron chi connectivity index (χ1n) is 11.6. The summed E-state index contributed by atoms with van der Waals surface area (Å²) in [6.07, 6.45) is 0.194. The Labute approximate surface area is 242 Å². The summed E-state index contributed by atoms with van der Waals surface area (Å²) in [7, 11) is 1.19. The number of hydrogen-bond acceptors (Lipinski definition) is 9. The zero-order valence-corrected chi connectivity index (χ0v) is 24.0. The Hall–Kier alpha value is -4.36. The summed E-state index contributed by atoms with van der Waals surface area (Å²) < 4.78 is 18.3. The van der Waals surface area contributed by atoms with Gasteiger partial charge in [-0.25, -0.2) is 9.78 Å². The van der Waals surface area contributed by atoms with Gasteiger partial charge in [-0.05, 0) is 65.3 Å².